The molecule has 0 fully saturated rings. The molecule has 3 N–H and O–H groups in total. The van der Waals surface area contributed by atoms with Crippen molar-refractivity contribution in [3.05, 3.63) is 57.3 Å². The number of thiophene rings is 1. The second-order valence-corrected chi connectivity index (χ2v) is 8.02. The van der Waals surface area contributed by atoms with Gasteiger partial charge in [-0.15, -0.1) is 11.3 Å². The number of nitrogens with one attached hydrogen (secondary N) is 3. The predicted molar refractivity (Wildman–Crippen MR) is 109 cm³/mol. The lowest BCUT2D eigenvalue weighted by atomic mass is 10.1. The van der Waals surface area contributed by atoms with E-state index in [4.69, 9.17) is 0 Å². The molecule has 2 aromatic rings. The van der Waals surface area contributed by atoms with Crippen molar-refractivity contribution in [1.29, 1.82) is 0 Å². The van der Waals surface area contributed by atoms with Gasteiger partial charge in [0.1, 0.15) is 0 Å². The first-order chi connectivity index (χ1) is 13.6. The largest absolute Gasteiger partial charge is 0.355 e. The number of amides is 3. The molecule has 0 aliphatic heterocycles. The minimum atomic E-state index is -0.341. The van der Waals surface area contributed by atoms with Gasteiger partial charge in [-0.05, 0) is 42.9 Å². The molecule has 0 spiro atoms. The maximum atomic E-state index is 12.3. The highest BCUT2D eigenvalue weighted by molar-refractivity contribution is 7.14. The number of carbonyl (C=O) groups is 3. The molecule has 148 valence electrons. The zero-order valence-electron chi connectivity index (χ0n) is 15.8. The standard InChI is InChI=1S/C21H25N3O3S/c25-19(11-12-22-20(26)13-15-7-3-1-4-8-15)23-24-21(27)18-14-16-9-5-2-6-10-17(16)28-18/h1,3-4,7-8,14H,2,5-6,9-13H2,(H,22,26)(H,23,25)(H,24,27). The van der Waals surface area contributed by atoms with Crippen molar-refractivity contribution >= 4 is 29.1 Å². The zero-order valence-corrected chi connectivity index (χ0v) is 16.6. The average Bonchev–Trinajstić information content (AvgIpc) is 2.97. The van der Waals surface area contributed by atoms with Crippen molar-refractivity contribution in [2.45, 2.75) is 44.9 Å². The first kappa shape index (κ1) is 20.1. The zero-order chi connectivity index (χ0) is 19.8. The molecule has 0 bridgehead atoms. The van der Waals surface area contributed by atoms with Crippen LogP contribution < -0.4 is 16.2 Å². The van der Waals surface area contributed by atoms with Crippen LogP contribution in [0.5, 0.6) is 0 Å². The molecule has 0 unspecified atom stereocenters. The quantitative estimate of drug-likeness (QED) is 0.515. The van der Waals surface area contributed by atoms with E-state index in [9.17, 15) is 14.4 Å². The van der Waals surface area contributed by atoms with Gasteiger partial charge in [-0.2, -0.15) is 0 Å². The number of hydrazine groups is 1. The molecule has 3 rings (SSSR count). The Balaban J connectivity index is 1.36. The van der Waals surface area contributed by atoms with Gasteiger partial charge >= 0.3 is 0 Å². The number of aryl methyl sites for hydroxylation is 2. The van der Waals surface area contributed by atoms with Crippen LogP contribution in [0, 0.1) is 0 Å². The van der Waals surface area contributed by atoms with Crippen LogP contribution in [0.2, 0.25) is 0 Å². The molecular formula is C21H25N3O3S. The van der Waals surface area contributed by atoms with Crippen molar-refractivity contribution < 1.29 is 14.4 Å². The minimum absolute atomic E-state index is 0.0990. The van der Waals surface area contributed by atoms with Crippen molar-refractivity contribution in [1.82, 2.24) is 16.2 Å². The van der Waals surface area contributed by atoms with E-state index < -0.39 is 0 Å². The second-order valence-electron chi connectivity index (χ2n) is 6.88. The fourth-order valence-electron chi connectivity index (χ4n) is 3.19. The summed E-state index contributed by atoms with van der Waals surface area (Å²) in [6, 6.07) is 11.4. The van der Waals surface area contributed by atoms with Gasteiger partial charge in [0, 0.05) is 17.8 Å². The monoisotopic (exact) mass is 399 g/mol. The highest BCUT2D eigenvalue weighted by Gasteiger charge is 2.16. The molecule has 3 amide bonds. The summed E-state index contributed by atoms with van der Waals surface area (Å²) in [6.45, 7) is 0.223. The summed E-state index contributed by atoms with van der Waals surface area (Å²) < 4.78 is 0. The van der Waals surface area contributed by atoms with Crippen LogP contribution in [0.15, 0.2) is 36.4 Å². The lowest BCUT2D eigenvalue weighted by molar-refractivity contribution is -0.122. The summed E-state index contributed by atoms with van der Waals surface area (Å²) in [4.78, 5) is 37.9. The predicted octanol–water partition coefficient (Wildman–Crippen LogP) is 2.53. The Morgan fingerprint density at radius 3 is 2.54 bits per heavy atom. The fourth-order valence-corrected chi connectivity index (χ4v) is 4.34. The summed E-state index contributed by atoms with van der Waals surface area (Å²) >= 11 is 1.51. The Kier molecular flexibility index (Phi) is 7.19. The molecule has 0 saturated carbocycles. The molecule has 7 heteroatoms. The Morgan fingerprint density at radius 1 is 0.929 bits per heavy atom. The van der Waals surface area contributed by atoms with Gasteiger partial charge in [0.2, 0.25) is 11.8 Å². The lowest BCUT2D eigenvalue weighted by Gasteiger charge is -2.07. The smallest absolute Gasteiger partial charge is 0.279 e. The highest BCUT2D eigenvalue weighted by Crippen LogP contribution is 2.28. The van der Waals surface area contributed by atoms with Gasteiger partial charge in [-0.3, -0.25) is 25.2 Å². The molecule has 1 aliphatic carbocycles. The fraction of sp³-hybridized carbons (Fsp3) is 0.381. The molecule has 1 aliphatic rings. The molecule has 0 saturated heterocycles. The Labute approximate surface area is 168 Å². The number of carbonyl (C=O) groups excluding carboxylic acids is 3. The van der Waals surface area contributed by atoms with Crippen molar-refractivity contribution in [3.8, 4) is 0 Å². The van der Waals surface area contributed by atoms with E-state index >= 15 is 0 Å². The number of rotatable bonds is 6. The molecule has 1 aromatic heterocycles. The van der Waals surface area contributed by atoms with Gasteiger partial charge in [-0.1, -0.05) is 36.8 Å². The topological polar surface area (TPSA) is 87.3 Å². The number of fused-ring (bicyclic) bond motifs is 1. The highest BCUT2D eigenvalue weighted by atomic mass is 32.1. The van der Waals surface area contributed by atoms with Crippen LogP contribution >= 0.6 is 11.3 Å². The lowest BCUT2D eigenvalue weighted by Crippen LogP contribution is -2.42. The van der Waals surface area contributed by atoms with E-state index in [0.29, 0.717) is 4.88 Å². The first-order valence-electron chi connectivity index (χ1n) is 9.63. The number of hydrogen-bond acceptors (Lipinski definition) is 4. The van der Waals surface area contributed by atoms with Crippen LogP contribution in [0.4, 0.5) is 0 Å². The third-order valence-corrected chi connectivity index (χ3v) is 5.90. The second kappa shape index (κ2) is 10.0. The van der Waals surface area contributed by atoms with Crippen LogP contribution in [0.1, 0.15) is 51.4 Å². The molecular weight excluding hydrogens is 374 g/mol. The SMILES string of the molecule is O=C(Cc1ccccc1)NCCC(=O)NNC(=O)c1cc2c(s1)CCCCC2. The van der Waals surface area contributed by atoms with Crippen molar-refractivity contribution in [3.63, 3.8) is 0 Å². The van der Waals surface area contributed by atoms with E-state index in [2.05, 4.69) is 16.2 Å². The minimum Gasteiger partial charge on any atom is -0.355 e. The Hall–Kier alpha value is -2.67. The van der Waals surface area contributed by atoms with Gasteiger partial charge in [0.05, 0.1) is 11.3 Å². The van der Waals surface area contributed by atoms with E-state index in [1.807, 2.05) is 36.4 Å². The number of hydrogen-bond donors (Lipinski definition) is 3. The van der Waals surface area contributed by atoms with Gasteiger partial charge in [0.15, 0.2) is 0 Å². The van der Waals surface area contributed by atoms with Crippen LogP contribution in [0.3, 0.4) is 0 Å². The molecule has 1 heterocycles. The van der Waals surface area contributed by atoms with Crippen LogP contribution in [-0.2, 0) is 28.9 Å². The Bertz CT molecular complexity index is 809. The van der Waals surface area contributed by atoms with E-state index in [-0.39, 0.29) is 37.1 Å². The van der Waals surface area contributed by atoms with Crippen LogP contribution in [0.25, 0.3) is 0 Å². The molecule has 0 atom stereocenters. The summed E-state index contributed by atoms with van der Waals surface area (Å²) in [5, 5.41) is 2.71. The third-order valence-electron chi connectivity index (χ3n) is 4.67. The third kappa shape index (κ3) is 5.92. The average molecular weight is 400 g/mol. The normalized spacial score (nSPS) is 13.1. The Morgan fingerprint density at radius 2 is 1.71 bits per heavy atom. The molecule has 28 heavy (non-hydrogen) atoms. The summed E-state index contributed by atoms with van der Waals surface area (Å²) in [7, 11) is 0. The molecule has 6 nitrogen and oxygen atoms in total. The van der Waals surface area contributed by atoms with Crippen molar-refractivity contribution in [2.75, 3.05) is 6.54 Å². The first-order valence-corrected chi connectivity index (χ1v) is 10.4. The number of benzene rings is 1. The van der Waals surface area contributed by atoms with Gasteiger partial charge in [0.25, 0.3) is 5.91 Å². The maximum Gasteiger partial charge on any atom is 0.279 e. The summed E-state index contributed by atoms with van der Waals surface area (Å²) in [5.74, 6) is -0.769. The van der Waals surface area contributed by atoms with Crippen molar-refractivity contribution in [2.24, 2.45) is 0 Å². The maximum absolute atomic E-state index is 12.3. The molecule has 1 aromatic carbocycles. The van der Waals surface area contributed by atoms with E-state index in [0.717, 1.165) is 24.8 Å². The van der Waals surface area contributed by atoms with E-state index in [1.54, 1.807) is 0 Å². The summed E-state index contributed by atoms with van der Waals surface area (Å²) in [6.07, 6.45) is 6.00. The van der Waals surface area contributed by atoms with Gasteiger partial charge in [-0.25, -0.2) is 0 Å². The van der Waals surface area contributed by atoms with Crippen LogP contribution in [-0.4, -0.2) is 24.3 Å². The molecule has 0 radical (unpaired) electrons. The van der Waals surface area contributed by atoms with E-state index in [1.165, 1.54) is 34.6 Å². The summed E-state index contributed by atoms with van der Waals surface area (Å²) in [5.41, 5.74) is 7.06. The van der Waals surface area contributed by atoms with Gasteiger partial charge < -0.3 is 5.32 Å².